The summed E-state index contributed by atoms with van der Waals surface area (Å²) in [4.78, 5) is 11.4. The highest BCUT2D eigenvalue weighted by atomic mass is 15.2. The van der Waals surface area contributed by atoms with Gasteiger partial charge in [0, 0.05) is 104 Å². The van der Waals surface area contributed by atoms with E-state index in [0.29, 0.717) is 5.95 Å². The van der Waals surface area contributed by atoms with Gasteiger partial charge in [0.1, 0.15) is 0 Å². The van der Waals surface area contributed by atoms with E-state index in [0.717, 1.165) is 94.7 Å². The van der Waals surface area contributed by atoms with Crippen molar-refractivity contribution in [1.82, 2.24) is 32.8 Å². The van der Waals surface area contributed by atoms with E-state index in [1.165, 1.54) is 160 Å². The first-order valence-corrected chi connectivity index (χ1v) is 44.7. The van der Waals surface area contributed by atoms with Gasteiger partial charge in [0.25, 0.3) is 0 Å². The van der Waals surface area contributed by atoms with E-state index in [-0.39, 0.29) is 16.2 Å². The van der Waals surface area contributed by atoms with Crippen molar-refractivity contribution in [2.75, 3.05) is 0 Å². The molecule has 0 amide bonds. The molecule has 7 heteroatoms. The van der Waals surface area contributed by atoms with E-state index in [4.69, 9.17) is 9.97 Å². The number of rotatable bonds is 10. The Morgan fingerprint density at radius 1 is 0.164 bits per heavy atom. The second kappa shape index (κ2) is 26.5. The Hall–Kier alpha value is -16.0. The summed E-state index contributed by atoms with van der Waals surface area (Å²) in [5.41, 5.74) is 42.2. The third-order valence-electron chi connectivity index (χ3n) is 29.3. The van der Waals surface area contributed by atoms with Crippen LogP contribution in [0.2, 0.25) is 0 Å². The number of fused-ring (bicyclic) bond motifs is 24. The highest BCUT2D eigenvalue weighted by molar-refractivity contribution is 6.17. The van der Waals surface area contributed by atoms with Gasteiger partial charge in [-0.15, -0.1) is 0 Å². The molecule has 0 N–H and O–H groups in total. The lowest BCUT2D eigenvalue weighted by Gasteiger charge is -2.22. The summed E-state index contributed by atoms with van der Waals surface area (Å²) in [5, 5.41) is 11.9. The zero-order chi connectivity index (χ0) is 84.9. The van der Waals surface area contributed by atoms with Crippen molar-refractivity contribution in [3.63, 3.8) is 0 Å². The number of para-hydroxylation sites is 4. The predicted molar refractivity (Wildman–Crippen MR) is 534 cm³/mol. The number of hydrogen-bond donors (Lipinski definition) is 0. The average molecular weight is 1640 g/mol. The van der Waals surface area contributed by atoms with E-state index in [1.54, 1.807) is 0 Å². The maximum Gasteiger partial charge on any atom is 0.235 e. The summed E-state index contributed by atoms with van der Waals surface area (Å²) in [6.07, 6.45) is 0. The summed E-state index contributed by atoms with van der Waals surface area (Å²) in [7, 11) is 0. The summed E-state index contributed by atoms with van der Waals surface area (Å²) in [6.45, 7) is 14.2. The van der Waals surface area contributed by atoms with Crippen LogP contribution in [-0.4, -0.2) is 32.8 Å². The van der Waals surface area contributed by atoms with Crippen LogP contribution in [0.15, 0.2) is 394 Å². The minimum absolute atomic E-state index is 0.110. The molecule has 0 atom stereocenters. The Labute approximate surface area is 740 Å². The Morgan fingerprint density at radius 2 is 0.398 bits per heavy atom. The third kappa shape index (κ3) is 10.3. The minimum Gasteiger partial charge on any atom is -0.309 e. The molecule has 0 saturated carbocycles. The van der Waals surface area contributed by atoms with Crippen LogP contribution in [-0.2, 0) is 16.2 Å². The highest BCUT2D eigenvalue weighted by Crippen LogP contribution is 2.55. The predicted octanol–water partition coefficient (Wildman–Crippen LogP) is 31.2. The molecule has 0 radical (unpaired) electrons. The molecule has 0 bridgehead atoms. The average Bonchev–Trinajstić information content (AvgIpc) is 1.57. The molecule has 128 heavy (non-hydrogen) atoms. The van der Waals surface area contributed by atoms with Gasteiger partial charge in [0.2, 0.25) is 5.95 Å². The zero-order valence-electron chi connectivity index (χ0n) is 71.7. The van der Waals surface area contributed by atoms with Crippen LogP contribution in [0.4, 0.5) is 0 Å². The summed E-state index contributed by atoms with van der Waals surface area (Å²) in [5.74, 6) is 0.588. The molecular weight excluding hydrogens is 1550 g/mol. The molecule has 27 rings (SSSR count). The fourth-order valence-corrected chi connectivity index (χ4v) is 23.0. The normalized spacial score (nSPS) is 13.9. The summed E-state index contributed by atoms with van der Waals surface area (Å²) < 4.78 is 12.1. The number of aromatic nitrogens is 7. The fraction of sp³-hybridized carbons (Fsp3) is 0.0744. The van der Waals surface area contributed by atoms with Crippen molar-refractivity contribution in [2.24, 2.45) is 0 Å². The molecular formula is C121H83N7. The maximum atomic E-state index is 5.74. The Balaban J connectivity index is 0.584. The lowest BCUT2D eigenvalue weighted by Crippen LogP contribution is -2.15. The van der Waals surface area contributed by atoms with Gasteiger partial charge in [-0.25, -0.2) is 9.97 Å². The summed E-state index contributed by atoms with van der Waals surface area (Å²) in [6, 6.07) is 148. The third-order valence-corrected chi connectivity index (χ3v) is 29.3. The first-order chi connectivity index (χ1) is 62.7. The van der Waals surface area contributed by atoms with Crippen molar-refractivity contribution in [3.05, 3.63) is 428 Å². The molecule has 7 nitrogen and oxygen atoms in total. The van der Waals surface area contributed by atoms with Gasteiger partial charge in [-0.3, -0.25) is 4.57 Å². The van der Waals surface area contributed by atoms with Crippen LogP contribution in [0.25, 0.3) is 227 Å². The molecule has 0 unspecified atom stereocenters. The monoisotopic (exact) mass is 1630 g/mol. The standard InChI is InChI=1S/C121H83N7/c1-119(2)100-33-17-10-26-84(100)87-53-50-81(68-103(87)119)125-109-37-21-14-30-91(109)95-63-75(43-57-113(95)125)74-42-56-112-94(62-74)90-29-13-20-36-108(90)124(112)80-48-40-73(41-49-80)107-71-106(72-24-8-7-9-25-72)122-118(123-107)128-116-60-46-78(76-44-58-114-96(64-76)92-31-15-22-38-110(92)126(114)82-51-54-88-85-27-11-18-34-101(85)120(3,4)104(88)69-82)66-98(116)99-67-79(47-61-117(99)128)77-45-59-115-97(65-77)93-32-16-23-39-111(93)127(115)83-52-55-89-86-28-12-19-35-102(86)121(5,6)105(89)70-83/h7-71H,1-6H3. The second-order valence-corrected chi connectivity index (χ2v) is 37.2. The molecule has 602 valence electrons. The van der Waals surface area contributed by atoms with Crippen LogP contribution in [0.1, 0.15) is 74.9 Å². The van der Waals surface area contributed by atoms with E-state index in [1.807, 2.05) is 0 Å². The van der Waals surface area contributed by atoms with Crippen molar-refractivity contribution < 1.29 is 0 Å². The molecule has 0 spiro atoms. The molecule has 24 aromatic rings. The molecule has 0 aliphatic heterocycles. The smallest absolute Gasteiger partial charge is 0.235 e. The van der Waals surface area contributed by atoms with E-state index < -0.39 is 0 Å². The van der Waals surface area contributed by atoms with Crippen molar-refractivity contribution in [3.8, 4) is 118 Å². The van der Waals surface area contributed by atoms with E-state index >= 15 is 0 Å². The Kier molecular flexibility index (Phi) is 15.0. The molecule has 3 aliphatic rings. The molecule has 3 aliphatic carbocycles. The van der Waals surface area contributed by atoms with Gasteiger partial charge in [0.05, 0.1) is 66.6 Å². The van der Waals surface area contributed by atoms with E-state index in [2.05, 4.69) is 459 Å². The highest BCUT2D eigenvalue weighted by Gasteiger charge is 2.39. The number of nitrogens with zero attached hydrogens (tertiary/aromatic N) is 7. The van der Waals surface area contributed by atoms with Crippen molar-refractivity contribution >= 4 is 109 Å². The number of benzene rings is 18. The topological polar surface area (TPSA) is 50.4 Å². The maximum absolute atomic E-state index is 5.74. The van der Waals surface area contributed by atoms with E-state index in [9.17, 15) is 0 Å². The quantitative estimate of drug-likeness (QED) is 0.137. The molecule has 6 heterocycles. The van der Waals surface area contributed by atoms with Gasteiger partial charge in [0.15, 0.2) is 0 Å². The summed E-state index contributed by atoms with van der Waals surface area (Å²) >= 11 is 0. The lowest BCUT2D eigenvalue weighted by atomic mass is 9.82. The molecule has 0 fully saturated rings. The second-order valence-electron chi connectivity index (χ2n) is 37.2. The Bertz CT molecular complexity index is 8690. The molecule has 0 saturated heterocycles. The lowest BCUT2D eigenvalue weighted by molar-refractivity contribution is 0.660. The largest absolute Gasteiger partial charge is 0.309 e. The van der Waals surface area contributed by atoms with Crippen LogP contribution in [0.5, 0.6) is 0 Å². The fourth-order valence-electron chi connectivity index (χ4n) is 23.0. The van der Waals surface area contributed by atoms with Gasteiger partial charge in [-0.05, 0) is 252 Å². The zero-order valence-corrected chi connectivity index (χ0v) is 71.7. The van der Waals surface area contributed by atoms with Crippen molar-refractivity contribution in [2.45, 2.75) is 57.8 Å². The van der Waals surface area contributed by atoms with Crippen molar-refractivity contribution in [1.29, 1.82) is 0 Å². The number of hydrogen-bond acceptors (Lipinski definition) is 2. The van der Waals surface area contributed by atoms with Gasteiger partial charge in [-0.2, -0.15) is 0 Å². The molecule has 6 aromatic heterocycles. The minimum atomic E-state index is -0.138. The van der Waals surface area contributed by atoms with Gasteiger partial charge < -0.3 is 18.3 Å². The van der Waals surface area contributed by atoms with Gasteiger partial charge >= 0.3 is 0 Å². The van der Waals surface area contributed by atoms with Crippen LogP contribution in [0.3, 0.4) is 0 Å². The Morgan fingerprint density at radius 3 is 0.727 bits per heavy atom. The first-order valence-electron chi connectivity index (χ1n) is 44.7. The SMILES string of the molecule is CC1(C)c2ccccc2-c2ccc(-n3c4ccccc4c4cc(-c5ccc6c(c5)c5ccccc5n6-c5ccc(-c6cc(-c7ccccc7)nc(-n7c8ccc(-c9ccc%10c(c9)c9ccccc9n%10-c9ccc%10c(c9)C(C)(C)c9ccccc9-%10)cc8c8cc(-c9ccc%10c(c9)c9ccccc9n%10-c9ccc%10c(c9)C(C)(C)c9ccccc9-%10)ccc87)n6)cc5)ccc43)cc21. The molecule has 18 aromatic carbocycles. The van der Waals surface area contributed by atoms with Gasteiger partial charge in [-0.1, -0.05) is 284 Å². The van der Waals surface area contributed by atoms with Crippen LogP contribution in [0, 0.1) is 0 Å². The van der Waals surface area contributed by atoms with Crippen LogP contribution < -0.4 is 0 Å². The van der Waals surface area contributed by atoms with Crippen LogP contribution >= 0.6 is 0 Å². The first kappa shape index (κ1) is 72.5.